The second kappa shape index (κ2) is 7.93. The summed E-state index contributed by atoms with van der Waals surface area (Å²) in [6, 6.07) is 14.6. The number of non-ortho nitro benzene ring substituents is 1. The standard InChI is InChI=1S/C18H18N4O3/c1-13(16-7-4-8-17(10-16)22(24)25)21(2)18(23)20-12-15-6-3-5-14(9-15)11-19/h3-10,13H,12H2,1-2H3,(H,20,23). The van der Waals surface area contributed by atoms with Crippen LogP contribution in [0.1, 0.15) is 29.7 Å². The number of nitriles is 1. The summed E-state index contributed by atoms with van der Waals surface area (Å²) in [6.07, 6.45) is 0. The first-order valence-corrected chi connectivity index (χ1v) is 7.66. The molecule has 1 atom stereocenters. The van der Waals surface area contributed by atoms with Crippen LogP contribution in [0.5, 0.6) is 0 Å². The van der Waals surface area contributed by atoms with Gasteiger partial charge in [-0.05, 0) is 30.2 Å². The van der Waals surface area contributed by atoms with E-state index in [4.69, 9.17) is 5.26 Å². The second-order valence-electron chi connectivity index (χ2n) is 5.61. The van der Waals surface area contributed by atoms with Gasteiger partial charge in [-0.3, -0.25) is 10.1 Å². The van der Waals surface area contributed by atoms with Gasteiger partial charge in [-0.15, -0.1) is 0 Å². The third-order valence-electron chi connectivity index (χ3n) is 3.96. The van der Waals surface area contributed by atoms with Gasteiger partial charge in [-0.25, -0.2) is 4.79 Å². The van der Waals surface area contributed by atoms with Crippen molar-refractivity contribution in [2.45, 2.75) is 19.5 Å². The van der Waals surface area contributed by atoms with E-state index in [1.165, 1.54) is 17.0 Å². The molecule has 0 aliphatic carbocycles. The van der Waals surface area contributed by atoms with E-state index in [0.29, 0.717) is 17.7 Å². The SMILES string of the molecule is CC(c1cccc([N+](=O)[O-])c1)N(C)C(=O)NCc1cccc(C#N)c1. The minimum absolute atomic E-state index is 0.00789. The zero-order chi connectivity index (χ0) is 18.4. The minimum atomic E-state index is -0.460. The van der Waals surface area contributed by atoms with E-state index in [-0.39, 0.29) is 17.8 Å². The Hall–Kier alpha value is -3.40. The monoisotopic (exact) mass is 338 g/mol. The summed E-state index contributed by atoms with van der Waals surface area (Å²) < 4.78 is 0. The number of hydrogen-bond acceptors (Lipinski definition) is 4. The van der Waals surface area contributed by atoms with Gasteiger partial charge in [0.2, 0.25) is 0 Å². The predicted molar refractivity (Wildman–Crippen MR) is 92.7 cm³/mol. The molecule has 0 aliphatic heterocycles. The summed E-state index contributed by atoms with van der Waals surface area (Å²) in [7, 11) is 1.63. The van der Waals surface area contributed by atoms with Crippen molar-refractivity contribution in [2.24, 2.45) is 0 Å². The van der Waals surface area contributed by atoms with E-state index in [1.807, 2.05) is 6.07 Å². The van der Waals surface area contributed by atoms with Gasteiger partial charge < -0.3 is 10.2 Å². The molecule has 0 aromatic heterocycles. The van der Waals surface area contributed by atoms with Gasteiger partial charge in [-0.2, -0.15) is 5.26 Å². The maximum atomic E-state index is 12.3. The lowest BCUT2D eigenvalue weighted by Crippen LogP contribution is -2.38. The smallest absolute Gasteiger partial charge is 0.317 e. The fourth-order valence-electron chi connectivity index (χ4n) is 2.35. The average Bonchev–Trinajstić information content (AvgIpc) is 2.65. The lowest BCUT2D eigenvalue weighted by molar-refractivity contribution is -0.384. The first-order valence-electron chi connectivity index (χ1n) is 7.66. The number of urea groups is 1. The number of nitrogens with zero attached hydrogens (tertiary/aromatic N) is 3. The third-order valence-corrected chi connectivity index (χ3v) is 3.96. The van der Waals surface area contributed by atoms with E-state index in [1.54, 1.807) is 44.3 Å². The molecule has 2 rings (SSSR count). The lowest BCUT2D eigenvalue weighted by Gasteiger charge is -2.25. The van der Waals surface area contributed by atoms with E-state index < -0.39 is 4.92 Å². The topological polar surface area (TPSA) is 99.3 Å². The van der Waals surface area contributed by atoms with Gasteiger partial charge in [0.15, 0.2) is 0 Å². The minimum Gasteiger partial charge on any atom is -0.334 e. The van der Waals surface area contributed by atoms with Crippen LogP contribution in [0, 0.1) is 21.4 Å². The van der Waals surface area contributed by atoms with Crippen LogP contribution >= 0.6 is 0 Å². The van der Waals surface area contributed by atoms with Gasteiger partial charge >= 0.3 is 6.03 Å². The molecule has 0 heterocycles. The second-order valence-corrected chi connectivity index (χ2v) is 5.61. The van der Waals surface area contributed by atoms with Crippen molar-refractivity contribution in [1.82, 2.24) is 10.2 Å². The number of amides is 2. The highest BCUT2D eigenvalue weighted by molar-refractivity contribution is 5.74. The summed E-state index contributed by atoms with van der Waals surface area (Å²) in [6.45, 7) is 2.09. The van der Waals surface area contributed by atoms with Gasteiger partial charge in [0.1, 0.15) is 0 Å². The Morgan fingerprint density at radius 1 is 1.32 bits per heavy atom. The van der Waals surface area contributed by atoms with Crippen molar-refractivity contribution < 1.29 is 9.72 Å². The lowest BCUT2D eigenvalue weighted by atomic mass is 10.1. The van der Waals surface area contributed by atoms with Crippen molar-refractivity contribution in [3.05, 3.63) is 75.3 Å². The van der Waals surface area contributed by atoms with Crippen molar-refractivity contribution in [3.63, 3.8) is 0 Å². The largest absolute Gasteiger partial charge is 0.334 e. The van der Waals surface area contributed by atoms with Crippen molar-refractivity contribution in [3.8, 4) is 6.07 Å². The molecule has 0 radical (unpaired) electrons. The molecule has 2 amide bonds. The maximum Gasteiger partial charge on any atom is 0.317 e. The molecule has 1 N–H and O–H groups in total. The molecule has 0 saturated heterocycles. The molecule has 0 aliphatic rings. The number of nitro benzene ring substituents is 1. The predicted octanol–water partition coefficient (Wildman–Crippen LogP) is 3.37. The summed E-state index contributed by atoms with van der Waals surface area (Å²) in [5.74, 6) is 0. The van der Waals surface area contributed by atoms with Gasteiger partial charge in [-0.1, -0.05) is 24.3 Å². The molecule has 0 spiro atoms. The number of carbonyl (C=O) groups is 1. The first kappa shape index (κ1) is 17.9. The fraction of sp³-hybridized carbons (Fsp3) is 0.222. The fourth-order valence-corrected chi connectivity index (χ4v) is 2.35. The van der Waals surface area contributed by atoms with E-state index >= 15 is 0 Å². The van der Waals surface area contributed by atoms with E-state index in [9.17, 15) is 14.9 Å². The van der Waals surface area contributed by atoms with Crippen molar-refractivity contribution >= 4 is 11.7 Å². The quantitative estimate of drug-likeness (QED) is 0.667. The van der Waals surface area contributed by atoms with Gasteiger partial charge in [0, 0.05) is 25.7 Å². The molecule has 2 aromatic rings. The highest BCUT2D eigenvalue weighted by atomic mass is 16.6. The molecule has 1 unspecified atom stereocenters. The molecule has 0 saturated carbocycles. The Kier molecular flexibility index (Phi) is 5.69. The van der Waals surface area contributed by atoms with Crippen LogP contribution in [-0.2, 0) is 6.54 Å². The molecule has 2 aromatic carbocycles. The maximum absolute atomic E-state index is 12.3. The summed E-state index contributed by atoms with van der Waals surface area (Å²) in [5, 5.41) is 22.6. The van der Waals surface area contributed by atoms with Crippen LogP contribution in [0.3, 0.4) is 0 Å². The third kappa shape index (κ3) is 4.54. The summed E-state index contributed by atoms with van der Waals surface area (Å²) >= 11 is 0. The summed E-state index contributed by atoms with van der Waals surface area (Å²) in [5.41, 5.74) is 2.03. The number of nitrogens with one attached hydrogen (secondary N) is 1. The number of carbonyl (C=O) groups excluding carboxylic acids is 1. The van der Waals surface area contributed by atoms with Gasteiger partial charge in [0.05, 0.1) is 22.6 Å². The van der Waals surface area contributed by atoms with Crippen molar-refractivity contribution in [2.75, 3.05) is 7.05 Å². The van der Waals surface area contributed by atoms with E-state index in [0.717, 1.165) is 5.56 Å². The van der Waals surface area contributed by atoms with Crippen LogP contribution in [0.4, 0.5) is 10.5 Å². The molecule has 0 bridgehead atoms. The van der Waals surface area contributed by atoms with Crippen LogP contribution in [0.25, 0.3) is 0 Å². The highest BCUT2D eigenvalue weighted by Crippen LogP contribution is 2.23. The van der Waals surface area contributed by atoms with Crippen LogP contribution < -0.4 is 5.32 Å². The first-order chi connectivity index (χ1) is 11.9. The highest BCUT2D eigenvalue weighted by Gasteiger charge is 2.19. The molecule has 128 valence electrons. The van der Waals surface area contributed by atoms with Crippen LogP contribution in [0.2, 0.25) is 0 Å². The molecular weight excluding hydrogens is 320 g/mol. The van der Waals surface area contributed by atoms with E-state index in [2.05, 4.69) is 11.4 Å². The Labute approximate surface area is 145 Å². The number of nitro groups is 1. The number of benzene rings is 2. The molecule has 7 nitrogen and oxygen atoms in total. The van der Waals surface area contributed by atoms with Crippen LogP contribution in [-0.4, -0.2) is 22.9 Å². The molecule has 25 heavy (non-hydrogen) atoms. The molecule has 0 fully saturated rings. The Morgan fingerprint density at radius 3 is 2.72 bits per heavy atom. The Morgan fingerprint density at radius 2 is 2.04 bits per heavy atom. The van der Waals surface area contributed by atoms with Crippen molar-refractivity contribution in [1.29, 1.82) is 5.26 Å². The van der Waals surface area contributed by atoms with Crippen LogP contribution in [0.15, 0.2) is 48.5 Å². The zero-order valence-corrected chi connectivity index (χ0v) is 14.0. The number of rotatable bonds is 5. The molecule has 7 heteroatoms. The normalized spacial score (nSPS) is 11.2. The Bertz CT molecular complexity index is 829. The molecular formula is C18H18N4O3. The zero-order valence-electron chi connectivity index (χ0n) is 14.0. The average molecular weight is 338 g/mol. The summed E-state index contributed by atoms with van der Waals surface area (Å²) in [4.78, 5) is 24.2. The Balaban J connectivity index is 2.02. The van der Waals surface area contributed by atoms with Gasteiger partial charge in [0.25, 0.3) is 5.69 Å². The number of hydrogen-bond donors (Lipinski definition) is 1.